The Bertz CT molecular complexity index is 3070. The van der Waals surface area contributed by atoms with Gasteiger partial charge in [0, 0.05) is 43.8 Å². The van der Waals surface area contributed by atoms with Crippen LogP contribution in [-0.2, 0) is 0 Å². The summed E-state index contributed by atoms with van der Waals surface area (Å²) < 4.78 is 0. The summed E-state index contributed by atoms with van der Waals surface area (Å²) in [5, 5.41) is 9.02. The van der Waals surface area contributed by atoms with Gasteiger partial charge >= 0.3 is 0 Å². The molecule has 250 valence electrons. The van der Waals surface area contributed by atoms with E-state index in [1.165, 1.54) is 21.5 Å². The summed E-state index contributed by atoms with van der Waals surface area (Å²) in [6.45, 7) is 0. The molecular formula is C50H30N4. The third-order valence-electron chi connectivity index (χ3n) is 10.6. The summed E-state index contributed by atoms with van der Waals surface area (Å²) in [5.41, 5.74) is 11.5. The predicted molar refractivity (Wildman–Crippen MR) is 224 cm³/mol. The molecule has 4 heterocycles. The Kier molecular flexibility index (Phi) is 6.82. The molecule has 4 nitrogen and oxygen atoms in total. The maximum Gasteiger partial charge on any atom is 0.0972 e. The van der Waals surface area contributed by atoms with Crippen molar-refractivity contribution >= 4 is 65.2 Å². The average Bonchev–Trinajstić information content (AvgIpc) is 3.25. The molecule has 4 heteroatoms. The largest absolute Gasteiger partial charge is 0.245 e. The topological polar surface area (TPSA) is 51.6 Å². The van der Waals surface area contributed by atoms with Crippen molar-refractivity contribution in [2.75, 3.05) is 0 Å². The zero-order valence-electron chi connectivity index (χ0n) is 29.1. The first-order valence-corrected chi connectivity index (χ1v) is 18.2. The number of benzene rings is 7. The van der Waals surface area contributed by atoms with E-state index in [1.807, 2.05) is 0 Å². The molecule has 0 bridgehead atoms. The van der Waals surface area contributed by atoms with Crippen LogP contribution in [-0.4, -0.2) is 19.9 Å². The molecule has 0 unspecified atom stereocenters. The second-order valence-electron chi connectivity index (χ2n) is 13.8. The Balaban J connectivity index is 1.01. The van der Waals surface area contributed by atoms with Crippen LogP contribution in [0.15, 0.2) is 182 Å². The van der Waals surface area contributed by atoms with E-state index >= 15 is 0 Å². The van der Waals surface area contributed by atoms with Gasteiger partial charge in [-0.15, -0.1) is 0 Å². The highest BCUT2D eigenvalue weighted by Gasteiger charge is 2.13. The molecule has 0 fully saturated rings. The van der Waals surface area contributed by atoms with Gasteiger partial charge in [0.2, 0.25) is 0 Å². The van der Waals surface area contributed by atoms with Gasteiger partial charge in [-0.3, -0.25) is 0 Å². The fraction of sp³-hybridized carbons (Fsp3) is 0. The highest BCUT2D eigenvalue weighted by Crippen LogP contribution is 2.35. The van der Waals surface area contributed by atoms with E-state index in [9.17, 15) is 0 Å². The Morgan fingerprint density at radius 3 is 1.02 bits per heavy atom. The highest BCUT2D eigenvalue weighted by atomic mass is 14.8. The Morgan fingerprint density at radius 2 is 0.574 bits per heavy atom. The van der Waals surface area contributed by atoms with Gasteiger partial charge in [-0.05, 0) is 51.9 Å². The third kappa shape index (κ3) is 5.00. The lowest BCUT2D eigenvalue weighted by Gasteiger charge is -2.11. The van der Waals surface area contributed by atoms with E-state index < -0.39 is 0 Å². The molecule has 11 aromatic rings. The van der Waals surface area contributed by atoms with Crippen LogP contribution in [0, 0.1) is 0 Å². The molecule has 4 aromatic heterocycles. The van der Waals surface area contributed by atoms with E-state index in [0.717, 1.165) is 88.6 Å². The summed E-state index contributed by atoms with van der Waals surface area (Å²) >= 11 is 0. The van der Waals surface area contributed by atoms with Crippen molar-refractivity contribution in [1.29, 1.82) is 0 Å². The summed E-state index contributed by atoms with van der Waals surface area (Å²) in [7, 11) is 0. The van der Waals surface area contributed by atoms with Crippen LogP contribution >= 0.6 is 0 Å². The first-order chi connectivity index (χ1) is 26.7. The molecule has 0 N–H and O–H groups in total. The van der Waals surface area contributed by atoms with Crippen LogP contribution in [0.1, 0.15) is 0 Å². The standard InChI is InChI=1S/C50H30N4/c1-3-14-39-31(8-1)10-6-16-41(39)45-28-24-35-20-18-33-22-26-43(51-47(33)49(35)53-45)37-12-5-13-38(30-37)44-27-23-34-19-21-36-25-29-46(54-50(36)48(34)52-44)42-17-7-11-32-9-2-4-15-40(32)42/h1-30H. The zero-order chi connectivity index (χ0) is 35.6. The molecular weight excluding hydrogens is 657 g/mol. The molecule has 0 amide bonds. The number of aromatic nitrogens is 4. The number of hydrogen-bond donors (Lipinski definition) is 0. The van der Waals surface area contributed by atoms with Crippen molar-refractivity contribution in [2.45, 2.75) is 0 Å². The van der Waals surface area contributed by atoms with Crippen LogP contribution in [0.4, 0.5) is 0 Å². The molecule has 0 radical (unpaired) electrons. The van der Waals surface area contributed by atoms with Crippen molar-refractivity contribution in [3.05, 3.63) is 182 Å². The minimum atomic E-state index is 0.890. The van der Waals surface area contributed by atoms with Gasteiger partial charge in [0.25, 0.3) is 0 Å². The van der Waals surface area contributed by atoms with Crippen molar-refractivity contribution in [2.24, 2.45) is 0 Å². The molecule has 0 aliphatic carbocycles. The number of fused-ring (bicyclic) bond motifs is 8. The Morgan fingerprint density at radius 1 is 0.241 bits per heavy atom. The number of nitrogens with zero attached hydrogens (tertiary/aromatic N) is 4. The lowest BCUT2D eigenvalue weighted by atomic mass is 10.0. The van der Waals surface area contributed by atoms with Crippen LogP contribution in [0.25, 0.3) is 110 Å². The molecule has 0 atom stereocenters. The summed E-state index contributed by atoms with van der Waals surface area (Å²) in [4.78, 5) is 21.0. The quantitative estimate of drug-likeness (QED) is 0.173. The monoisotopic (exact) mass is 686 g/mol. The summed E-state index contributed by atoms with van der Waals surface area (Å²) in [6, 6.07) is 63.8. The lowest BCUT2D eigenvalue weighted by molar-refractivity contribution is 1.36. The first kappa shape index (κ1) is 30.3. The van der Waals surface area contributed by atoms with Crippen molar-refractivity contribution in [3.63, 3.8) is 0 Å². The second kappa shape index (κ2) is 12.1. The van der Waals surface area contributed by atoms with Crippen LogP contribution in [0.3, 0.4) is 0 Å². The maximum atomic E-state index is 5.26. The van der Waals surface area contributed by atoms with E-state index in [1.54, 1.807) is 0 Å². The SMILES string of the molecule is c1cc(-c2ccc3ccc4ccc(-c5cccc6ccccc56)nc4c3n2)cc(-c2ccc3ccc4ccc(-c5cccc6ccccc56)nc4c3n2)c1. The normalized spacial score (nSPS) is 11.7. The molecule has 0 aliphatic heterocycles. The zero-order valence-corrected chi connectivity index (χ0v) is 29.1. The van der Waals surface area contributed by atoms with Crippen LogP contribution in [0.2, 0.25) is 0 Å². The van der Waals surface area contributed by atoms with Gasteiger partial charge in [-0.2, -0.15) is 0 Å². The fourth-order valence-corrected chi connectivity index (χ4v) is 7.89. The van der Waals surface area contributed by atoms with Crippen molar-refractivity contribution in [3.8, 4) is 45.0 Å². The number of rotatable bonds is 4. The van der Waals surface area contributed by atoms with E-state index in [-0.39, 0.29) is 0 Å². The van der Waals surface area contributed by atoms with Crippen LogP contribution in [0.5, 0.6) is 0 Å². The molecule has 0 saturated heterocycles. The van der Waals surface area contributed by atoms with Crippen molar-refractivity contribution < 1.29 is 0 Å². The van der Waals surface area contributed by atoms with Gasteiger partial charge in [0.05, 0.1) is 44.8 Å². The maximum absolute atomic E-state index is 5.26. The summed E-state index contributed by atoms with van der Waals surface area (Å²) in [5.74, 6) is 0. The van der Waals surface area contributed by atoms with Gasteiger partial charge in [-0.25, -0.2) is 19.9 Å². The van der Waals surface area contributed by atoms with Gasteiger partial charge in [0.15, 0.2) is 0 Å². The first-order valence-electron chi connectivity index (χ1n) is 18.2. The van der Waals surface area contributed by atoms with Gasteiger partial charge < -0.3 is 0 Å². The fourth-order valence-electron chi connectivity index (χ4n) is 7.89. The molecule has 11 rings (SSSR count). The van der Waals surface area contributed by atoms with Gasteiger partial charge in [-0.1, -0.05) is 152 Å². The average molecular weight is 687 g/mol. The molecule has 0 aliphatic rings. The second-order valence-corrected chi connectivity index (χ2v) is 13.8. The summed E-state index contributed by atoms with van der Waals surface area (Å²) in [6.07, 6.45) is 0. The number of pyridine rings is 4. The highest BCUT2D eigenvalue weighted by molar-refractivity contribution is 6.07. The Hall–Kier alpha value is -7.30. The predicted octanol–water partition coefficient (Wildman–Crippen LogP) is 12.9. The Labute approximate surface area is 311 Å². The van der Waals surface area contributed by atoms with E-state index in [2.05, 4.69) is 182 Å². The lowest BCUT2D eigenvalue weighted by Crippen LogP contribution is -1.93. The molecule has 0 spiro atoms. The molecule has 0 saturated carbocycles. The minimum Gasteiger partial charge on any atom is -0.245 e. The van der Waals surface area contributed by atoms with Crippen molar-refractivity contribution in [1.82, 2.24) is 19.9 Å². The van der Waals surface area contributed by atoms with Gasteiger partial charge in [0.1, 0.15) is 0 Å². The third-order valence-corrected chi connectivity index (χ3v) is 10.6. The van der Waals surface area contributed by atoms with Crippen LogP contribution < -0.4 is 0 Å². The number of hydrogen-bond acceptors (Lipinski definition) is 4. The minimum absolute atomic E-state index is 0.890. The molecule has 7 aromatic carbocycles. The molecule has 54 heavy (non-hydrogen) atoms. The smallest absolute Gasteiger partial charge is 0.0972 e. The van der Waals surface area contributed by atoms with E-state index in [4.69, 9.17) is 19.9 Å². The van der Waals surface area contributed by atoms with E-state index in [0.29, 0.717) is 0 Å².